The lowest BCUT2D eigenvalue weighted by Gasteiger charge is -2.06. The van der Waals surface area contributed by atoms with Gasteiger partial charge in [0, 0.05) is 24.1 Å². The van der Waals surface area contributed by atoms with Crippen molar-refractivity contribution < 1.29 is 23.5 Å². The summed E-state index contributed by atoms with van der Waals surface area (Å²) in [6.45, 7) is 2.07. The number of methoxy groups -OCH3 is 1. The Bertz CT molecular complexity index is 979. The molecule has 7 nitrogen and oxygen atoms in total. The van der Waals surface area contributed by atoms with Crippen molar-refractivity contribution in [2.24, 2.45) is 0 Å². The van der Waals surface area contributed by atoms with Crippen LogP contribution in [-0.2, 0) is 16.0 Å². The van der Waals surface area contributed by atoms with E-state index >= 15 is 0 Å². The molecule has 29 heavy (non-hydrogen) atoms. The third-order valence-electron chi connectivity index (χ3n) is 4.15. The van der Waals surface area contributed by atoms with Gasteiger partial charge < -0.3 is 19.2 Å². The van der Waals surface area contributed by atoms with Gasteiger partial charge in [-0.05, 0) is 43.3 Å². The number of anilines is 1. The highest BCUT2D eigenvalue weighted by molar-refractivity contribution is 5.93. The standard InChI is InChI=1S/C22H22N2O5/c1-3-28-22(26)15-7-9-17(10-8-15)24-20(25)11-12-21-23-14-19(29-21)16-5-4-6-18(13-16)27-2/h4-10,13-14H,3,11-12H2,1-2H3,(H,24,25). The Labute approximate surface area is 168 Å². The maximum absolute atomic E-state index is 12.2. The fourth-order valence-electron chi connectivity index (χ4n) is 2.68. The number of nitrogens with zero attached hydrogens (tertiary/aromatic N) is 1. The summed E-state index contributed by atoms with van der Waals surface area (Å²) in [5, 5.41) is 2.79. The third kappa shape index (κ3) is 5.44. The molecule has 0 bridgehead atoms. The van der Waals surface area contributed by atoms with Crippen LogP contribution in [0.2, 0.25) is 0 Å². The molecular formula is C22H22N2O5. The van der Waals surface area contributed by atoms with Crippen molar-refractivity contribution in [1.29, 1.82) is 0 Å². The zero-order chi connectivity index (χ0) is 20.6. The summed E-state index contributed by atoms with van der Waals surface area (Å²) in [7, 11) is 1.61. The van der Waals surface area contributed by atoms with E-state index in [0.29, 0.717) is 35.9 Å². The number of aryl methyl sites for hydroxylation is 1. The van der Waals surface area contributed by atoms with Gasteiger partial charge in [-0.25, -0.2) is 9.78 Å². The molecule has 0 atom stereocenters. The van der Waals surface area contributed by atoms with Crippen LogP contribution in [0.25, 0.3) is 11.3 Å². The van der Waals surface area contributed by atoms with E-state index in [1.807, 2.05) is 24.3 Å². The Morgan fingerprint density at radius 1 is 1.14 bits per heavy atom. The Morgan fingerprint density at radius 3 is 2.66 bits per heavy atom. The number of hydrogen-bond acceptors (Lipinski definition) is 6. The summed E-state index contributed by atoms with van der Waals surface area (Å²) in [5.74, 6) is 1.27. The fraction of sp³-hybridized carbons (Fsp3) is 0.227. The first kappa shape index (κ1) is 20.1. The van der Waals surface area contributed by atoms with Crippen LogP contribution in [0.15, 0.2) is 59.1 Å². The van der Waals surface area contributed by atoms with Crippen molar-refractivity contribution in [3.05, 3.63) is 66.2 Å². The summed E-state index contributed by atoms with van der Waals surface area (Å²) in [6.07, 6.45) is 2.23. The van der Waals surface area contributed by atoms with Crippen LogP contribution in [0.5, 0.6) is 5.75 Å². The summed E-state index contributed by atoms with van der Waals surface area (Å²) in [5.41, 5.74) is 1.90. The van der Waals surface area contributed by atoms with Crippen molar-refractivity contribution in [2.45, 2.75) is 19.8 Å². The number of benzene rings is 2. The number of aromatic nitrogens is 1. The lowest BCUT2D eigenvalue weighted by atomic mass is 10.2. The Kier molecular flexibility index (Phi) is 6.63. The van der Waals surface area contributed by atoms with Crippen molar-refractivity contribution in [3.63, 3.8) is 0 Å². The molecule has 1 amide bonds. The van der Waals surface area contributed by atoms with Gasteiger partial charge in [0.05, 0.1) is 25.5 Å². The van der Waals surface area contributed by atoms with Crippen LogP contribution in [-0.4, -0.2) is 30.6 Å². The van der Waals surface area contributed by atoms with Gasteiger partial charge in [-0.2, -0.15) is 0 Å². The van der Waals surface area contributed by atoms with Crippen molar-refractivity contribution >= 4 is 17.6 Å². The van der Waals surface area contributed by atoms with Crippen LogP contribution in [0.1, 0.15) is 29.6 Å². The topological polar surface area (TPSA) is 90.7 Å². The predicted octanol–water partition coefficient (Wildman–Crippen LogP) is 4.10. The van der Waals surface area contributed by atoms with E-state index in [-0.39, 0.29) is 18.3 Å². The van der Waals surface area contributed by atoms with Gasteiger partial charge in [-0.1, -0.05) is 12.1 Å². The number of oxazole rings is 1. The maximum Gasteiger partial charge on any atom is 0.338 e. The molecule has 2 aromatic carbocycles. The number of carbonyl (C=O) groups is 2. The first-order valence-electron chi connectivity index (χ1n) is 9.25. The van der Waals surface area contributed by atoms with Crippen LogP contribution >= 0.6 is 0 Å². The van der Waals surface area contributed by atoms with E-state index in [1.54, 1.807) is 44.5 Å². The zero-order valence-corrected chi connectivity index (χ0v) is 16.3. The fourth-order valence-corrected chi connectivity index (χ4v) is 2.68. The molecule has 3 aromatic rings. The van der Waals surface area contributed by atoms with E-state index in [9.17, 15) is 9.59 Å². The third-order valence-corrected chi connectivity index (χ3v) is 4.15. The van der Waals surface area contributed by atoms with E-state index in [2.05, 4.69) is 10.3 Å². The SMILES string of the molecule is CCOC(=O)c1ccc(NC(=O)CCc2ncc(-c3cccc(OC)c3)o2)cc1. The van der Waals surface area contributed by atoms with Gasteiger partial charge >= 0.3 is 5.97 Å². The lowest BCUT2D eigenvalue weighted by molar-refractivity contribution is -0.116. The van der Waals surface area contributed by atoms with Gasteiger partial charge in [0.15, 0.2) is 11.7 Å². The minimum Gasteiger partial charge on any atom is -0.497 e. The van der Waals surface area contributed by atoms with Gasteiger partial charge in [0.25, 0.3) is 0 Å². The van der Waals surface area contributed by atoms with Crippen LogP contribution in [0.3, 0.4) is 0 Å². The second kappa shape index (κ2) is 9.54. The lowest BCUT2D eigenvalue weighted by Crippen LogP contribution is -2.12. The van der Waals surface area contributed by atoms with Crippen molar-refractivity contribution in [1.82, 2.24) is 4.98 Å². The average Bonchev–Trinajstić information content (AvgIpc) is 3.22. The summed E-state index contributed by atoms with van der Waals surface area (Å²) < 4.78 is 15.9. The monoisotopic (exact) mass is 394 g/mol. The summed E-state index contributed by atoms with van der Waals surface area (Å²) in [6, 6.07) is 14.0. The molecule has 0 spiro atoms. The van der Waals surface area contributed by atoms with Gasteiger partial charge in [-0.3, -0.25) is 4.79 Å². The van der Waals surface area contributed by atoms with E-state index in [1.165, 1.54) is 0 Å². The summed E-state index contributed by atoms with van der Waals surface area (Å²) in [4.78, 5) is 28.1. The highest BCUT2D eigenvalue weighted by Crippen LogP contribution is 2.24. The first-order valence-corrected chi connectivity index (χ1v) is 9.25. The second-order valence-corrected chi connectivity index (χ2v) is 6.20. The highest BCUT2D eigenvalue weighted by Gasteiger charge is 2.11. The molecule has 0 aliphatic carbocycles. The second-order valence-electron chi connectivity index (χ2n) is 6.20. The van der Waals surface area contributed by atoms with E-state index in [4.69, 9.17) is 13.9 Å². The first-order chi connectivity index (χ1) is 14.1. The average molecular weight is 394 g/mol. The van der Waals surface area contributed by atoms with E-state index < -0.39 is 0 Å². The van der Waals surface area contributed by atoms with Gasteiger partial charge in [-0.15, -0.1) is 0 Å². The number of esters is 1. The highest BCUT2D eigenvalue weighted by atomic mass is 16.5. The number of rotatable bonds is 8. The molecule has 0 saturated carbocycles. The number of amides is 1. The Balaban J connectivity index is 1.53. The molecule has 1 N–H and O–H groups in total. The van der Waals surface area contributed by atoms with E-state index in [0.717, 1.165) is 11.3 Å². The molecule has 0 radical (unpaired) electrons. The van der Waals surface area contributed by atoms with Crippen LogP contribution in [0, 0.1) is 0 Å². The molecule has 0 aliphatic heterocycles. The molecular weight excluding hydrogens is 372 g/mol. The Morgan fingerprint density at radius 2 is 1.93 bits per heavy atom. The molecule has 3 rings (SSSR count). The van der Waals surface area contributed by atoms with Crippen LogP contribution in [0.4, 0.5) is 5.69 Å². The van der Waals surface area contributed by atoms with Crippen LogP contribution < -0.4 is 10.1 Å². The largest absolute Gasteiger partial charge is 0.497 e. The van der Waals surface area contributed by atoms with Crippen molar-refractivity contribution in [2.75, 3.05) is 19.0 Å². The summed E-state index contributed by atoms with van der Waals surface area (Å²) >= 11 is 0. The molecule has 150 valence electrons. The van der Waals surface area contributed by atoms with Gasteiger partial charge in [0.2, 0.25) is 5.91 Å². The molecule has 1 aromatic heterocycles. The number of nitrogens with one attached hydrogen (secondary N) is 1. The zero-order valence-electron chi connectivity index (χ0n) is 16.3. The smallest absolute Gasteiger partial charge is 0.338 e. The van der Waals surface area contributed by atoms with Gasteiger partial charge in [0.1, 0.15) is 5.75 Å². The normalized spacial score (nSPS) is 10.4. The maximum atomic E-state index is 12.2. The molecule has 0 fully saturated rings. The minimum absolute atomic E-state index is 0.171. The molecule has 0 aliphatic rings. The molecule has 0 saturated heterocycles. The Hall–Kier alpha value is -3.61. The van der Waals surface area contributed by atoms with Crippen molar-refractivity contribution in [3.8, 4) is 17.1 Å². The number of hydrogen-bond donors (Lipinski definition) is 1. The minimum atomic E-state index is -0.388. The number of carbonyl (C=O) groups excluding carboxylic acids is 2. The molecule has 1 heterocycles. The molecule has 0 unspecified atom stereocenters. The quantitative estimate of drug-likeness (QED) is 0.579. The number of ether oxygens (including phenoxy) is 2. The predicted molar refractivity (Wildman–Crippen MR) is 108 cm³/mol. The molecule has 7 heteroatoms.